The Balaban J connectivity index is 2.50. The van der Waals surface area contributed by atoms with E-state index in [-0.39, 0.29) is 5.78 Å². The van der Waals surface area contributed by atoms with Gasteiger partial charge in [0.25, 0.3) is 0 Å². The summed E-state index contributed by atoms with van der Waals surface area (Å²) in [4.78, 5) is 16.1. The Morgan fingerprint density at radius 2 is 1.56 bits per heavy atom. The predicted molar refractivity (Wildman–Crippen MR) is 69.5 cm³/mol. The maximum Gasteiger partial charge on any atom is 0.195 e. The molecule has 0 amide bonds. The maximum atomic E-state index is 12.2. The van der Waals surface area contributed by atoms with Gasteiger partial charge in [0.1, 0.15) is 0 Å². The van der Waals surface area contributed by atoms with Crippen LogP contribution in [0.5, 0.6) is 0 Å². The predicted octanol–water partition coefficient (Wildman–Crippen LogP) is 3.84. The Labute approximate surface area is 110 Å². The van der Waals surface area contributed by atoms with Gasteiger partial charge in [0.15, 0.2) is 5.78 Å². The minimum Gasteiger partial charge on any atom is -0.289 e. The first-order valence-corrected chi connectivity index (χ1v) is 6.17. The van der Waals surface area contributed by atoms with Crippen molar-refractivity contribution in [2.45, 2.75) is 0 Å². The molecule has 0 fully saturated rings. The molecule has 0 radical (unpaired) electrons. The van der Waals surface area contributed by atoms with Crippen molar-refractivity contribution in [2.24, 2.45) is 0 Å². The normalized spacial score (nSPS) is 10.1. The van der Waals surface area contributed by atoms with Gasteiger partial charge in [-0.2, -0.15) is 0 Å². The molecule has 0 saturated carbocycles. The zero-order valence-electron chi connectivity index (χ0n) is 8.15. The monoisotopic (exact) mass is 339 g/mol. The lowest BCUT2D eigenvalue weighted by Crippen LogP contribution is -2.03. The van der Waals surface area contributed by atoms with Crippen LogP contribution in [0.4, 0.5) is 0 Å². The summed E-state index contributed by atoms with van der Waals surface area (Å²) < 4.78 is 1.56. The van der Waals surface area contributed by atoms with Crippen LogP contribution in [0.3, 0.4) is 0 Å². The fraction of sp³-hybridized carbons (Fsp3) is 0. The molecule has 1 heterocycles. The second kappa shape index (κ2) is 4.89. The number of rotatable bonds is 2. The number of carbonyl (C=O) groups is 1. The maximum absolute atomic E-state index is 12.2. The number of benzene rings is 1. The van der Waals surface area contributed by atoms with Crippen molar-refractivity contribution < 1.29 is 4.79 Å². The lowest BCUT2D eigenvalue weighted by molar-refractivity contribution is 0.103. The molecule has 16 heavy (non-hydrogen) atoms. The van der Waals surface area contributed by atoms with E-state index in [1.807, 2.05) is 18.2 Å². The van der Waals surface area contributed by atoms with Gasteiger partial charge >= 0.3 is 0 Å². The SMILES string of the molecule is O=C(c1ccncc1)c1c(Br)cccc1Br. The van der Waals surface area contributed by atoms with Crippen LogP contribution in [0.1, 0.15) is 15.9 Å². The molecule has 4 heteroatoms. The Morgan fingerprint density at radius 3 is 2.12 bits per heavy atom. The summed E-state index contributed by atoms with van der Waals surface area (Å²) in [5.41, 5.74) is 1.26. The lowest BCUT2D eigenvalue weighted by Gasteiger charge is -2.05. The third kappa shape index (κ3) is 2.23. The van der Waals surface area contributed by atoms with Crippen LogP contribution in [0.2, 0.25) is 0 Å². The number of hydrogen-bond donors (Lipinski definition) is 0. The molecule has 0 spiro atoms. The third-order valence-corrected chi connectivity index (χ3v) is 3.45. The van der Waals surface area contributed by atoms with Crippen LogP contribution in [0.15, 0.2) is 51.7 Å². The largest absolute Gasteiger partial charge is 0.289 e. The summed E-state index contributed by atoms with van der Waals surface area (Å²) in [6.45, 7) is 0. The van der Waals surface area contributed by atoms with Gasteiger partial charge in [0.2, 0.25) is 0 Å². The molecular weight excluding hydrogens is 334 g/mol. The van der Waals surface area contributed by atoms with Gasteiger partial charge < -0.3 is 0 Å². The summed E-state index contributed by atoms with van der Waals surface area (Å²) >= 11 is 6.76. The number of hydrogen-bond acceptors (Lipinski definition) is 2. The molecule has 0 bridgehead atoms. The van der Waals surface area contributed by atoms with Crippen molar-refractivity contribution in [3.05, 3.63) is 62.8 Å². The molecule has 0 aliphatic rings. The molecule has 0 saturated heterocycles. The molecule has 0 N–H and O–H groups in total. The van der Waals surface area contributed by atoms with E-state index in [4.69, 9.17) is 0 Å². The van der Waals surface area contributed by atoms with Crippen LogP contribution in [0.25, 0.3) is 0 Å². The van der Waals surface area contributed by atoms with E-state index in [1.165, 1.54) is 0 Å². The second-order valence-electron chi connectivity index (χ2n) is 3.16. The van der Waals surface area contributed by atoms with E-state index >= 15 is 0 Å². The van der Waals surface area contributed by atoms with E-state index in [1.54, 1.807) is 24.5 Å². The van der Waals surface area contributed by atoms with E-state index in [0.717, 1.165) is 8.95 Å². The Hall–Kier alpha value is -1.000. The van der Waals surface area contributed by atoms with E-state index < -0.39 is 0 Å². The third-order valence-electron chi connectivity index (χ3n) is 2.13. The first-order valence-electron chi connectivity index (χ1n) is 4.59. The Bertz CT molecular complexity index is 506. The fourth-order valence-corrected chi connectivity index (χ4v) is 2.72. The van der Waals surface area contributed by atoms with E-state index in [0.29, 0.717) is 11.1 Å². The zero-order valence-corrected chi connectivity index (χ0v) is 11.3. The molecule has 2 rings (SSSR count). The summed E-state index contributed by atoms with van der Waals surface area (Å²) in [5, 5.41) is 0. The Kier molecular flexibility index (Phi) is 3.51. The average molecular weight is 341 g/mol. The van der Waals surface area contributed by atoms with Crippen molar-refractivity contribution in [1.29, 1.82) is 0 Å². The van der Waals surface area contributed by atoms with Gasteiger partial charge in [0, 0.05) is 26.9 Å². The van der Waals surface area contributed by atoms with Gasteiger partial charge in [-0.1, -0.05) is 6.07 Å². The molecule has 2 nitrogen and oxygen atoms in total. The summed E-state index contributed by atoms with van der Waals surface area (Å²) in [6.07, 6.45) is 3.22. The number of ketones is 1. The summed E-state index contributed by atoms with van der Waals surface area (Å²) in [5.74, 6) is -0.0262. The molecule has 80 valence electrons. The quantitative estimate of drug-likeness (QED) is 0.777. The zero-order chi connectivity index (χ0) is 11.5. The van der Waals surface area contributed by atoms with Gasteiger partial charge in [-0.05, 0) is 56.1 Å². The number of aromatic nitrogens is 1. The molecular formula is C12H7Br2NO. The summed E-state index contributed by atoms with van der Waals surface area (Å²) in [6, 6.07) is 8.97. The van der Waals surface area contributed by atoms with Crippen molar-refractivity contribution >= 4 is 37.6 Å². The van der Waals surface area contributed by atoms with Gasteiger partial charge in [-0.15, -0.1) is 0 Å². The lowest BCUT2D eigenvalue weighted by atomic mass is 10.0. The van der Waals surface area contributed by atoms with Crippen LogP contribution < -0.4 is 0 Å². The second-order valence-corrected chi connectivity index (χ2v) is 4.87. The Morgan fingerprint density at radius 1 is 1.00 bits per heavy atom. The molecule has 0 aliphatic carbocycles. The van der Waals surface area contributed by atoms with Crippen molar-refractivity contribution in [3.8, 4) is 0 Å². The number of halogens is 2. The van der Waals surface area contributed by atoms with Crippen molar-refractivity contribution in [3.63, 3.8) is 0 Å². The minimum atomic E-state index is -0.0262. The smallest absolute Gasteiger partial charge is 0.195 e. The fourth-order valence-electron chi connectivity index (χ4n) is 1.36. The molecule has 0 atom stereocenters. The molecule has 2 aromatic rings. The van der Waals surface area contributed by atoms with Gasteiger partial charge in [0.05, 0.1) is 5.56 Å². The average Bonchev–Trinajstić information content (AvgIpc) is 2.30. The first-order chi connectivity index (χ1) is 7.70. The van der Waals surface area contributed by atoms with Crippen LogP contribution in [-0.4, -0.2) is 10.8 Å². The minimum absolute atomic E-state index is 0.0262. The molecule has 1 aromatic heterocycles. The highest BCUT2D eigenvalue weighted by Gasteiger charge is 2.15. The first kappa shape index (κ1) is 11.5. The molecule has 1 aromatic carbocycles. The number of pyridine rings is 1. The standard InChI is InChI=1S/C12H7Br2NO/c13-9-2-1-3-10(14)11(9)12(16)8-4-6-15-7-5-8/h1-7H. The van der Waals surface area contributed by atoms with Gasteiger partial charge in [-0.3, -0.25) is 9.78 Å². The van der Waals surface area contributed by atoms with E-state index in [9.17, 15) is 4.79 Å². The van der Waals surface area contributed by atoms with E-state index in [2.05, 4.69) is 36.8 Å². The highest BCUT2D eigenvalue weighted by molar-refractivity contribution is 9.11. The van der Waals surface area contributed by atoms with Crippen molar-refractivity contribution in [2.75, 3.05) is 0 Å². The molecule has 0 unspecified atom stereocenters. The highest BCUT2D eigenvalue weighted by Crippen LogP contribution is 2.27. The van der Waals surface area contributed by atoms with Crippen LogP contribution >= 0.6 is 31.9 Å². The van der Waals surface area contributed by atoms with Crippen LogP contribution in [-0.2, 0) is 0 Å². The van der Waals surface area contributed by atoms with Crippen molar-refractivity contribution in [1.82, 2.24) is 4.98 Å². The topological polar surface area (TPSA) is 30.0 Å². The molecule has 0 aliphatic heterocycles. The van der Waals surface area contributed by atoms with Gasteiger partial charge in [-0.25, -0.2) is 0 Å². The number of carbonyl (C=O) groups excluding carboxylic acids is 1. The summed E-state index contributed by atoms with van der Waals surface area (Å²) in [7, 11) is 0. The highest BCUT2D eigenvalue weighted by atomic mass is 79.9. The van der Waals surface area contributed by atoms with Crippen LogP contribution in [0, 0.1) is 0 Å². The number of nitrogens with zero attached hydrogens (tertiary/aromatic N) is 1.